The Morgan fingerprint density at radius 1 is 1.56 bits per heavy atom. The van der Waals surface area contributed by atoms with Gasteiger partial charge in [0.25, 0.3) is 0 Å². The molecule has 0 aliphatic carbocycles. The molecule has 3 nitrogen and oxygen atoms in total. The molecule has 0 bridgehead atoms. The number of benzene rings is 1. The molecule has 0 spiro atoms. The van der Waals surface area contributed by atoms with Crippen molar-refractivity contribution in [3.63, 3.8) is 0 Å². The molecule has 18 heavy (non-hydrogen) atoms. The molecule has 1 atom stereocenters. The highest BCUT2D eigenvalue weighted by Gasteiger charge is 2.08. The molecule has 1 unspecified atom stereocenters. The first-order valence-electron chi connectivity index (χ1n) is 5.65. The lowest BCUT2D eigenvalue weighted by Gasteiger charge is -2.14. The number of hydrogen-bond donors (Lipinski definition) is 2. The zero-order valence-electron chi connectivity index (χ0n) is 10.6. The first-order chi connectivity index (χ1) is 8.67. The van der Waals surface area contributed by atoms with Crippen LogP contribution in [0.2, 0.25) is 0 Å². The number of aliphatic hydroxyl groups is 1. The topological polar surface area (TPSA) is 49.3 Å². The molecule has 0 fully saturated rings. The Bertz CT molecular complexity index is 462. The van der Waals surface area contributed by atoms with E-state index in [0.29, 0.717) is 5.75 Å². The number of rotatable bonds is 4. The Labute approximate surface area is 112 Å². The van der Waals surface area contributed by atoms with Crippen LogP contribution < -0.4 is 5.32 Å². The van der Waals surface area contributed by atoms with E-state index in [-0.39, 0.29) is 18.6 Å². The van der Waals surface area contributed by atoms with Crippen LogP contribution in [0, 0.1) is 11.8 Å². The standard InChI is InChI=1S/C14H17NO2S/c1-11(15-14(17)10-18-2)13-7-3-5-12(9-13)6-4-8-16/h3,5,7,9,11,16H,8,10H2,1-2H3,(H,15,17). The fourth-order valence-corrected chi connectivity index (χ4v) is 1.87. The molecule has 1 rings (SSSR count). The van der Waals surface area contributed by atoms with Gasteiger partial charge in [-0.05, 0) is 30.9 Å². The van der Waals surface area contributed by atoms with Crippen LogP contribution in [0.25, 0.3) is 0 Å². The van der Waals surface area contributed by atoms with Crippen molar-refractivity contribution in [2.75, 3.05) is 18.6 Å². The normalized spacial score (nSPS) is 11.3. The third kappa shape index (κ3) is 4.82. The second kappa shape index (κ2) is 7.80. The number of amides is 1. The molecule has 1 amide bonds. The minimum atomic E-state index is -0.149. The summed E-state index contributed by atoms with van der Waals surface area (Å²) >= 11 is 1.50. The smallest absolute Gasteiger partial charge is 0.230 e. The first-order valence-corrected chi connectivity index (χ1v) is 7.04. The summed E-state index contributed by atoms with van der Waals surface area (Å²) in [6.07, 6.45) is 1.90. The number of nitrogens with one attached hydrogen (secondary N) is 1. The van der Waals surface area contributed by atoms with Crippen LogP contribution in [0.4, 0.5) is 0 Å². The summed E-state index contributed by atoms with van der Waals surface area (Å²) in [5.41, 5.74) is 1.85. The Balaban J connectivity index is 2.73. The molecule has 0 heterocycles. The third-order valence-corrected chi connectivity index (χ3v) is 2.90. The highest BCUT2D eigenvalue weighted by Crippen LogP contribution is 2.14. The summed E-state index contributed by atoms with van der Waals surface area (Å²) in [5, 5.41) is 11.6. The van der Waals surface area contributed by atoms with Gasteiger partial charge >= 0.3 is 0 Å². The Kier molecular flexibility index (Phi) is 6.34. The van der Waals surface area contributed by atoms with Crippen molar-refractivity contribution in [3.8, 4) is 11.8 Å². The molecule has 1 aromatic rings. The highest BCUT2D eigenvalue weighted by atomic mass is 32.2. The van der Waals surface area contributed by atoms with E-state index in [9.17, 15) is 4.79 Å². The van der Waals surface area contributed by atoms with Crippen molar-refractivity contribution >= 4 is 17.7 Å². The fraction of sp³-hybridized carbons (Fsp3) is 0.357. The number of carbonyl (C=O) groups excluding carboxylic acids is 1. The second-order valence-corrected chi connectivity index (χ2v) is 4.67. The van der Waals surface area contributed by atoms with Gasteiger partial charge in [-0.25, -0.2) is 0 Å². The van der Waals surface area contributed by atoms with E-state index >= 15 is 0 Å². The number of aliphatic hydroxyl groups excluding tert-OH is 1. The molecule has 0 radical (unpaired) electrons. The van der Waals surface area contributed by atoms with Crippen molar-refractivity contribution < 1.29 is 9.90 Å². The quantitative estimate of drug-likeness (QED) is 0.811. The van der Waals surface area contributed by atoms with Crippen LogP contribution in [0.15, 0.2) is 24.3 Å². The van der Waals surface area contributed by atoms with Crippen molar-refractivity contribution in [3.05, 3.63) is 35.4 Å². The van der Waals surface area contributed by atoms with Crippen LogP contribution in [0.5, 0.6) is 0 Å². The molecule has 1 aromatic carbocycles. The van der Waals surface area contributed by atoms with Gasteiger partial charge in [-0.1, -0.05) is 24.0 Å². The predicted octanol–water partition coefficient (Wildman–Crippen LogP) is 1.57. The maximum Gasteiger partial charge on any atom is 0.230 e. The van der Waals surface area contributed by atoms with Gasteiger partial charge in [0.05, 0.1) is 11.8 Å². The third-order valence-electron chi connectivity index (χ3n) is 2.35. The summed E-state index contributed by atoms with van der Waals surface area (Å²) in [6, 6.07) is 7.61. The van der Waals surface area contributed by atoms with E-state index in [1.54, 1.807) is 0 Å². The summed E-state index contributed by atoms with van der Waals surface area (Å²) in [6.45, 7) is 1.79. The van der Waals surface area contributed by atoms with E-state index in [0.717, 1.165) is 11.1 Å². The van der Waals surface area contributed by atoms with Crippen molar-refractivity contribution in [1.29, 1.82) is 0 Å². The van der Waals surface area contributed by atoms with Crippen LogP contribution in [0.3, 0.4) is 0 Å². The number of thioether (sulfide) groups is 1. The van der Waals surface area contributed by atoms with Crippen LogP contribution in [0.1, 0.15) is 24.1 Å². The minimum absolute atomic E-state index is 0.0295. The molecule has 0 aliphatic heterocycles. The van der Waals surface area contributed by atoms with E-state index < -0.39 is 0 Å². The largest absolute Gasteiger partial charge is 0.384 e. The molecule has 2 N–H and O–H groups in total. The monoisotopic (exact) mass is 263 g/mol. The number of carbonyl (C=O) groups is 1. The van der Waals surface area contributed by atoms with Crippen LogP contribution in [-0.4, -0.2) is 29.6 Å². The maximum atomic E-state index is 11.5. The minimum Gasteiger partial charge on any atom is -0.384 e. The fourth-order valence-electron chi connectivity index (χ4n) is 1.52. The van der Waals surface area contributed by atoms with Gasteiger partial charge < -0.3 is 10.4 Å². The van der Waals surface area contributed by atoms with E-state index in [2.05, 4.69) is 17.2 Å². The zero-order chi connectivity index (χ0) is 13.4. The van der Waals surface area contributed by atoms with Crippen molar-refractivity contribution in [2.45, 2.75) is 13.0 Å². The Morgan fingerprint density at radius 3 is 3.00 bits per heavy atom. The lowest BCUT2D eigenvalue weighted by atomic mass is 10.1. The van der Waals surface area contributed by atoms with Gasteiger partial charge in [0, 0.05) is 5.56 Å². The molecule has 0 saturated carbocycles. The molecular formula is C14H17NO2S. The van der Waals surface area contributed by atoms with Gasteiger partial charge in [-0.2, -0.15) is 11.8 Å². The van der Waals surface area contributed by atoms with Gasteiger partial charge in [0.15, 0.2) is 0 Å². The summed E-state index contributed by atoms with van der Waals surface area (Å²) in [5.74, 6) is 5.95. The highest BCUT2D eigenvalue weighted by molar-refractivity contribution is 7.99. The Morgan fingerprint density at radius 2 is 2.33 bits per heavy atom. The molecule has 0 saturated heterocycles. The summed E-state index contributed by atoms with van der Waals surface area (Å²) in [4.78, 5) is 11.5. The van der Waals surface area contributed by atoms with E-state index in [4.69, 9.17) is 5.11 Å². The lowest BCUT2D eigenvalue weighted by molar-refractivity contribution is -0.119. The average molecular weight is 263 g/mol. The first kappa shape index (κ1) is 14.6. The summed E-state index contributed by atoms with van der Waals surface area (Å²) < 4.78 is 0. The lowest BCUT2D eigenvalue weighted by Crippen LogP contribution is -2.28. The average Bonchev–Trinajstić information content (AvgIpc) is 2.37. The summed E-state index contributed by atoms with van der Waals surface area (Å²) in [7, 11) is 0. The molecule has 0 aromatic heterocycles. The maximum absolute atomic E-state index is 11.5. The molecule has 0 aliphatic rings. The van der Waals surface area contributed by atoms with E-state index in [1.165, 1.54) is 11.8 Å². The molecular weight excluding hydrogens is 246 g/mol. The van der Waals surface area contributed by atoms with Crippen molar-refractivity contribution in [1.82, 2.24) is 5.32 Å². The molecule has 96 valence electrons. The van der Waals surface area contributed by atoms with Gasteiger partial charge in [-0.3, -0.25) is 4.79 Å². The van der Waals surface area contributed by atoms with Gasteiger partial charge in [0.1, 0.15) is 6.61 Å². The second-order valence-electron chi connectivity index (χ2n) is 3.81. The van der Waals surface area contributed by atoms with Gasteiger partial charge in [0.2, 0.25) is 5.91 Å². The number of hydrogen-bond acceptors (Lipinski definition) is 3. The van der Waals surface area contributed by atoms with Crippen molar-refractivity contribution in [2.24, 2.45) is 0 Å². The molecule has 4 heteroatoms. The van der Waals surface area contributed by atoms with Gasteiger partial charge in [-0.15, -0.1) is 0 Å². The van der Waals surface area contributed by atoms with E-state index in [1.807, 2.05) is 37.4 Å². The zero-order valence-corrected chi connectivity index (χ0v) is 11.4. The SMILES string of the molecule is CSCC(=O)NC(C)c1cccc(C#CCO)c1. The van der Waals surface area contributed by atoms with Crippen LogP contribution in [-0.2, 0) is 4.79 Å². The Hall–Kier alpha value is -1.44. The predicted molar refractivity (Wildman–Crippen MR) is 75.3 cm³/mol. The van der Waals surface area contributed by atoms with Crippen LogP contribution >= 0.6 is 11.8 Å².